The second kappa shape index (κ2) is 5.66. The van der Waals surface area contributed by atoms with E-state index in [1.54, 1.807) is 0 Å². The summed E-state index contributed by atoms with van der Waals surface area (Å²) in [5.74, 6) is 0.640. The monoisotopic (exact) mass is 263 g/mol. The van der Waals surface area contributed by atoms with Crippen molar-refractivity contribution in [2.75, 3.05) is 0 Å². The zero-order chi connectivity index (χ0) is 14.0. The first-order valence-corrected chi connectivity index (χ1v) is 7.71. The highest BCUT2D eigenvalue weighted by Gasteiger charge is 2.36. The summed E-state index contributed by atoms with van der Waals surface area (Å²) in [5.41, 5.74) is 9.38. The van der Waals surface area contributed by atoms with Gasteiger partial charge in [-0.15, -0.1) is 0 Å². The summed E-state index contributed by atoms with van der Waals surface area (Å²) >= 11 is 0. The molecule has 1 aromatic heterocycles. The molecule has 0 radical (unpaired) electrons. The van der Waals surface area contributed by atoms with Crippen LogP contribution in [0.1, 0.15) is 57.8 Å². The molecule has 108 valence electrons. The summed E-state index contributed by atoms with van der Waals surface area (Å²) in [7, 11) is 2.03. The molecule has 2 N–H and O–H groups in total. The van der Waals surface area contributed by atoms with Gasteiger partial charge in [0.15, 0.2) is 0 Å². The highest BCUT2D eigenvalue weighted by atomic mass is 15.3. The van der Waals surface area contributed by atoms with Crippen LogP contribution in [0.25, 0.3) is 0 Å². The van der Waals surface area contributed by atoms with Crippen molar-refractivity contribution in [1.82, 2.24) is 9.78 Å². The minimum Gasteiger partial charge on any atom is -0.327 e. The molecule has 1 heterocycles. The van der Waals surface area contributed by atoms with Crippen molar-refractivity contribution in [3.05, 3.63) is 17.5 Å². The van der Waals surface area contributed by atoms with Crippen LogP contribution in [0.15, 0.2) is 6.07 Å². The van der Waals surface area contributed by atoms with Gasteiger partial charge >= 0.3 is 0 Å². The van der Waals surface area contributed by atoms with Gasteiger partial charge in [-0.3, -0.25) is 4.68 Å². The lowest BCUT2D eigenvalue weighted by Gasteiger charge is -2.42. The molecule has 2 unspecified atom stereocenters. The number of hydrogen-bond donors (Lipinski definition) is 1. The molecular formula is C16H29N3. The molecule has 19 heavy (non-hydrogen) atoms. The largest absolute Gasteiger partial charge is 0.327 e. The molecule has 1 aromatic rings. The smallest absolute Gasteiger partial charge is 0.0624 e. The van der Waals surface area contributed by atoms with Gasteiger partial charge in [-0.1, -0.05) is 33.6 Å². The van der Waals surface area contributed by atoms with Crippen LogP contribution in [-0.2, 0) is 19.9 Å². The summed E-state index contributed by atoms with van der Waals surface area (Å²) < 4.78 is 2.01. The number of hydrogen-bond acceptors (Lipinski definition) is 2. The third kappa shape index (κ3) is 3.19. The maximum atomic E-state index is 6.53. The molecule has 3 nitrogen and oxygen atoms in total. The van der Waals surface area contributed by atoms with Crippen LogP contribution in [0.5, 0.6) is 0 Å². The van der Waals surface area contributed by atoms with Crippen LogP contribution in [0.4, 0.5) is 0 Å². The van der Waals surface area contributed by atoms with Gasteiger partial charge in [-0.25, -0.2) is 0 Å². The topological polar surface area (TPSA) is 43.8 Å². The van der Waals surface area contributed by atoms with E-state index in [0.29, 0.717) is 11.3 Å². The first kappa shape index (κ1) is 14.6. The second-order valence-corrected chi connectivity index (χ2v) is 6.81. The minimum atomic E-state index is 0.260. The Morgan fingerprint density at radius 1 is 1.47 bits per heavy atom. The summed E-state index contributed by atoms with van der Waals surface area (Å²) in [6.07, 6.45) is 7.26. The molecule has 1 fully saturated rings. The van der Waals surface area contributed by atoms with E-state index in [4.69, 9.17) is 5.73 Å². The van der Waals surface area contributed by atoms with Gasteiger partial charge in [-0.2, -0.15) is 5.10 Å². The zero-order valence-corrected chi connectivity index (χ0v) is 12.9. The zero-order valence-electron chi connectivity index (χ0n) is 12.9. The van der Waals surface area contributed by atoms with Crippen LogP contribution in [0, 0.1) is 11.3 Å². The Morgan fingerprint density at radius 3 is 2.79 bits per heavy atom. The molecule has 1 saturated carbocycles. The lowest BCUT2D eigenvalue weighted by atomic mass is 9.65. The first-order valence-electron chi connectivity index (χ1n) is 7.71. The molecule has 2 rings (SSSR count). The van der Waals surface area contributed by atoms with Crippen LogP contribution < -0.4 is 5.73 Å². The lowest BCUT2D eigenvalue weighted by molar-refractivity contribution is 0.112. The molecule has 0 aromatic carbocycles. The highest BCUT2D eigenvalue weighted by Crippen LogP contribution is 2.42. The summed E-state index contributed by atoms with van der Waals surface area (Å²) in [6, 6.07) is 2.48. The molecule has 0 bridgehead atoms. The van der Waals surface area contributed by atoms with Crippen LogP contribution in [0.3, 0.4) is 0 Å². The van der Waals surface area contributed by atoms with Crippen LogP contribution in [-0.4, -0.2) is 15.8 Å². The quantitative estimate of drug-likeness (QED) is 0.907. The summed E-state index contributed by atoms with van der Waals surface area (Å²) in [4.78, 5) is 0. The average molecular weight is 263 g/mol. The second-order valence-electron chi connectivity index (χ2n) is 6.81. The van der Waals surface area contributed by atoms with E-state index in [1.165, 1.54) is 37.1 Å². The van der Waals surface area contributed by atoms with E-state index in [0.717, 1.165) is 12.8 Å². The highest BCUT2D eigenvalue weighted by molar-refractivity contribution is 5.12. The van der Waals surface area contributed by atoms with Crippen molar-refractivity contribution >= 4 is 0 Å². The van der Waals surface area contributed by atoms with Gasteiger partial charge in [-0.05, 0) is 36.7 Å². The number of aromatic nitrogens is 2. The molecule has 0 spiro atoms. The molecule has 0 aliphatic heterocycles. The van der Waals surface area contributed by atoms with Crippen molar-refractivity contribution in [3.8, 4) is 0 Å². The van der Waals surface area contributed by atoms with Crippen molar-refractivity contribution in [2.24, 2.45) is 24.1 Å². The Balaban J connectivity index is 2.07. The summed E-state index contributed by atoms with van der Waals surface area (Å²) in [5, 5.41) is 4.52. The molecule has 1 aliphatic rings. The Bertz CT molecular complexity index is 420. The fraction of sp³-hybridized carbons (Fsp3) is 0.812. The molecular weight excluding hydrogens is 234 g/mol. The molecule has 0 saturated heterocycles. The Hall–Kier alpha value is -0.830. The SMILES string of the molecule is CCc1cc(CC(N)C2CCCCC2(C)C)n(C)n1. The fourth-order valence-electron chi connectivity index (χ4n) is 3.63. The predicted octanol–water partition coefficient (Wildman–Crippen LogP) is 3.07. The third-order valence-corrected chi connectivity index (χ3v) is 4.94. The van der Waals surface area contributed by atoms with Gasteiger partial charge < -0.3 is 5.73 Å². The van der Waals surface area contributed by atoms with E-state index in [-0.39, 0.29) is 6.04 Å². The molecule has 0 amide bonds. The maximum Gasteiger partial charge on any atom is 0.0624 e. The maximum absolute atomic E-state index is 6.53. The van der Waals surface area contributed by atoms with E-state index in [1.807, 2.05) is 11.7 Å². The number of nitrogens with two attached hydrogens (primary N) is 1. The number of nitrogens with zero attached hydrogens (tertiary/aromatic N) is 2. The number of aryl methyl sites for hydroxylation is 2. The fourth-order valence-corrected chi connectivity index (χ4v) is 3.63. The standard InChI is InChI=1S/C16H29N3/c1-5-12-10-13(19(4)18-12)11-15(17)14-8-6-7-9-16(14,2)3/h10,14-15H,5-9,11,17H2,1-4H3. The van der Waals surface area contributed by atoms with Crippen LogP contribution in [0.2, 0.25) is 0 Å². The van der Waals surface area contributed by atoms with E-state index >= 15 is 0 Å². The Labute approximate surface area is 117 Å². The Kier molecular flexibility index (Phi) is 4.34. The van der Waals surface area contributed by atoms with Gasteiger partial charge in [0.1, 0.15) is 0 Å². The van der Waals surface area contributed by atoms with Gasteiger partial charge in [0.25, 0.3) is 0 Å². The lowest BCUT2D eigenvalue weighted by Crippen LogP contribution is -2.43. The molecule has 2 atom stereocenters. The summed E-state index contributed by atoms with van der Waals surface area (Å²) in [6.45, 7) is 6.92. The van der Waals surface area contributed by atoms with Crippen molar-refractivity contribution < 1.29 is 0 Å². The van der Waals surface area contributed by atoms with Crippen molar-refractivity contribution in [2.45, 2.75) is 65.3 Å². The van der Waals surface area contributed by atoms with Gasteiger partial charge in [0.05, 0.1) is 5.69 Å². The average Bonchev–Trinajstić information content (AvgIpc) is 2.69. The van der Waals surface area contributed by atoms with Crippen molar-refractivity contribution in [1.29, 1.82) is 0 Å². The predicted molar refractivity (Wildman–Crippen MR) is 80.0 cm³/mol. The Morgan fingerprint density at radius 2 is 2.21 bits per heavy atom. The van der Waals surface area contributed by atoms with E-state index in [2.05, 4.69) is 31.9 Å². The number of rotatable bonds is 4. The van der Waals surface area contributed by atoms with Crippen molar-refractivity contribution in [3.63, 3.8) is 0 Å². The third-order valence-electron chi connectivity index (χ3n) is 4.94. The molecule has 1 aliphatic carbocycles. The van der Waals surface area contributed by atoms with E-state index in [9.17, 15) is 0 Å². The van der Waals surface area contributed by atoms with Gasteiger partial charge in [0.2, 0.25) is 0 Å². The van der Waals surface area contributed by atoms with Crippen LogP contribution >= 0.6 is 0 Å². The van der Waals surface area contributed by atoms with Gasteiger partial charge in [0, 0.05) is 25.2 Å². The van der Waals surface area contributed by atoms with E-state index < -0.39 is 0 Å². The first-order chi connectivity index (χ1) is 8.94. The molecule has 3 heteroatoms. The normalized spacial score (nSPS) is 24.4. The minimum absolute atomic E-state index is 0.260.